The number of esters is 1. The number of nitrogens with zero attached hydrogens (tertiary/aromatic N) is 1. The molecule has 0 saturated carbocycles. The van der Waals surface area contributed by atoms with E-state index in [1.807, 2.05) is 73.7 Å². The van der Waals surface area contributed by atoms with Crippen molar-refractivity contribution in [2.75, 3.05) is 4.72 Å². The third-order valence-corrected chi connectivity index (χ3v) is 9.46. The van der Waals surface area contributed by atoms with Gasteiger partial charge in [-0.1, -0.05) is 85.8 Å². The van der Waals surface area contributed by atoms with Crippen LogP contribution in [0.15, 0.2) is 114 Å². The van der Waals surface area contributed by atoms with Gasteiger partial charge in [-0.2, -0.15) is 8.42 Å². The molecule has 1 aliphatic rings. The zero-order valence-corrected chi connectivity index (χ0v) is 25.0. The van der Waals surface area contributed by atoms with Crippen molar-refractivity contribution in [3.05, 3.63) is 126 Å². The van der Waals surface area contributed by atoms with Crippen molar-refractivity contribution < 1.29 is 22.7 Å². The SMILES string of the molecule is CCC(c1cccc(NS(=O)(=O)c2ccccn2)c1)C1C(=O)CC(CCc2ccccc2)(CCc2ccccc2)OC1=O. The molecule has 222 valence electrons. The first kappa shape index (κ1) is 30.2. The molecule has 0 spiro atoms. The van der Waals surface area contributed by atoms with Crippen molar-refractivity contribution in [1.82, 2.24) is 4.98 Å². The standard InChI is InChI=1S/C35H36N2O5S/c1-2-30(28-16-11-17-29(24-28)37-43(40,41)32-18-9-10-23-36-32)33-31(38)25-35(42-34(33)39,21-19-26-12-5-3-6-13-26)22-20-27-14-7-4-8-15-27/h3-18,23-24,30,33,37H,2,19-22,25H2,1H3. The number of anilines is 1. The van der Waals surface area contributed by atoms with Gasteiger partial charge in [0.25, 0.3) is 10.0 Å². The number of nitrogens with one attached hydrogen (secondary N) is 1. The molecule has 0 radical (unpaired) electrons. The van der Waals surface area contributed by atoms with Gasteiger partial charge in [0.15, 0.2) is 10.8 Å². The predicted octanol–water partition coefficient (Wildman–Crippen LogP) is 6.51. The zero-order chi connectivity index (χ0) is 30.3. The number of pyridine rings is 1. The number of carbonyl (C=O) groups is 2. The fourth-order valence-corrected chi connectivity index (χ4v) is 6.91. The quantitative estimate of drug-likeness (QED) is 0.148. The second kappa shape index (κ2) is 13.3. The number of hydrogen-bond acceptors (Lipinski definition) is 6. The zero-order valence-electron chi connectivity index (χ0n) is 24.2. The molecule has 1 fully saturated rings. The summed E-state index contributed by atoms with van der Waals surface area (Å²) in [7, 11) is -3.90. The lowest BCUT2D eigenvalue weighted by atomic mass is 9.74. The van der Waals surface area contributed by atoms with Crippen molar-refractivity contribution in [2.45, 2.75) is 62.0 Å². The van der Waals surface area contributed by atoms with Crippen LogP contribution in [0.25, 0.3) is 0 Å². The van der Waals surface area contributed by atoms with Crippen LogP contribution in [0.5, 0.6) is 0 Å². The lowest BCUT2D eigenvalue weighted by Gasteiger charge is -2.41. The Balaban J connectivity index is 1.36. The number of aryl methyl sites for hydroxylation is 2. The van der Waals surface area contributed by atoms with E-state index in [2.05, 4.69) is 9.71 Å². The Hall–Kier alpha value is -4.30. The minimum absolute atomic E-state index is 0.0965. The van der Waals surface area contributed by atoms with Crippen LogP contribution >= 0.6 is 0 Å². The van der Waals surface area contributed by atoms with Crippen LogP contribution in [-0.4, -0.2) is 30.8 Å². The number of hydrogen-bond donors (Lipinski definition) is 1. The highest BCUT2D eigenvalue weighted by Gasteiger charge is 2.49. The smallest absolute Gasteiger partial charge is 0.317 e. The van der Waals surface area contributed by atoms with Gasteiger partial charge in [-0.25, -0.2) is 4.98 Å². The maximum Gasteiger partial charge on any atom is 0.317 e. The molecule has 2 atom stereocenters. The molecule has 1 aromatic heterocycles. The van der Waals surface area contributed by atoms with E-state index in [4.69, 9.17) is 4.74 Å². The molecule has 1 aliphatic heterocycles. The number of sulfonamides is 1. The van der Waals surface area contributed by atoms with E-state index >= 15 is 0 Å². The molecule has 1 N–H and O–H groups in total. The van der Waals surface area contributed by atoms with Crippen LogP contribution < -0.4 is 4.72 Å². The van der Waals surface area contributed by atoms with Gasteiger partial charge < -0.3 is 4.74 Å². The molecule has 0 aliphatic carbocycles. The predicted molar refractivity (Wildman–Crippen MR) is 166 cm³/mol. The van der Waals surface area contributed by atoms with E-state index in [9.17, 15) is 18.0 Å². The monoisotopic (exact) mass is 596 g/mol. The Labute approximate surface area is 253 Å². The average Bonchev–Trinajstić information content (AvgIpc) is 3.02. The molecule has 2 unspecified atom stereocenters. The van der Waals surface area contributed by atoms with Gasteiger partial charge in [0, 0.05) is 24.2 Å². The Morgan fingerprint density at radius 3 is 2.05 bits per heavy atom. The van der Waals surface area contributed by atoms with Gasteiger partial charge in [-0.05, 0) is 73.1 Å². The Kier molecular flexibility index (Phi) is 9.36. The highest BCUT2D eigenvalue weighted by Crippen LogP contribution is 2.41. The van der Waals surface area contributed by atoms with Crippen LogP contribution in [0.3, 0.4) is 0 Å². The largest absolute Gasteiger partial charge is 0.458 e. The first-order chi connectivity index (χ1) is 20.8. The molecule has 0 amide bonds. The van der Waals surface area contributed by atoms with E-state index in [-0.39, 0.29) is 17.2 Å². The van der Waals surface area contributed by atoms with E-state index in [0.717, 1.165) is 11.1 Å². The second-order valence-electron chi connectivity index (χ2n) is 11.1. The van der Waals surface area contributed by atoms with Crippen molar-refractivity contribution in [2.24, 2.45) is 5.92 Å². The van der Waals surface area contributed by atoms with Gasteiger partial charge in [0.05, 0.1) is 0 Å². The van der Waals surface area contributed by atoms with Crippen molar-refractivity contribution in [1.29, 1.82) is 0 Å². The number of benzene rings is 3. The highest BCUT2D eigenvalue weighted by molar-refractivity contribution is 7.92. The number of aromatic nitrogens is 1. The summed E-state index contributed by atoms with van der Waals surface area (Å²) < 4.78 is 34.6. The number of Topliss-reactive ketones (excluding diaryl/α,β-unsaturated/α-hetero) is 1. The van der Waals surface area contributed by atoms with Gasteiger partial charge in [0.1, 0.15) is 11.5 Å². The van der Waals surface area contributed by atoms with Gasteiger partial charge in [0.2, 0.25) is 0 Å². The van der Waals surface area contributed by atoms with E-state index < -0.39 is 33.4 Å². The maximum atomic E-state index is 13.9. The number of ether oxygens (including phenoxy) is 1. The minimum Gasteiger partial charge on any atom is -0.458 e. The summed E-state index contributed by atoms with van der Waals surface area (Å²) in [6.07, 6.45) is 4.55. The normalized spacial score (nSPS) is 17.2. The molecule has 8 heteroatoms. The maximum absolute atomic E-state index is 13.9. The van der Waals surface area contributed by atoms with Gasteiger partial charge in [-0.3, -0.25) is 14.3 Å². The average molecular weight is 597 g/mol. The first-order valence-corrected chi connectivity index (χ1v) is 16.1. The second-order valence-corrected chi connectivity index (χ2v) is 12.7. The summed E-state index contributed by atoms with van der Waals surface area (Å²) >= 11 is 0. The minimum atomic E-state index is -3.90. The molecule has 1 saturated heterocycles. The van der Waals surface area contributed by atoms with Crippen molar-refractivity contribution in [3.63, 3.8) is 0 Å². The van der Waals surface area contributed by atoms with Gasteiger partial charge in [-0.15, -0.1) is 0 Å². The number of rotatable bonds is 12. The molecule has 3 aromatic carbocycles. The van der Waals surface area contributed by atoms with Crippen LogP contribution in [0.1, 0.15) is 55.2 Å². The van der Waals surface area contributed by atoms with E-state index in [1.165, 1.54) is 12.3 Å². The fraction of sp³-hybridized carbons (Fsp3) is 0.286. The highest BCUT2D eigenvalue weighted by atomic mass is 32.2. The van der Waals surface area contributed by atoms with Crippen LogP contribution in [0.4, 0.5) is 5.69 Å². The Morgan fingerprint density at radius 2 is 1.49 bits per heavy atom. The molecule has 5 rings (SSSR count). The van der Waals surface area contributed by atoms with Crippen LogP contribution in [0, 0.1) is 5.92 Å². The fourth-order valence-electron chi connectivity index (χ4n) is 5.91. The van der Waals surface area contributed by atoms with Crippen LogP contribution in [-0.2, 0) is 37.2 Å². The summed E-state index contributed by atoms with van der Waals surface area (Å²) in [4.78, 5) is 31.6. The van der Waals surface area contributed by atoms with Crippen LogP contribution in [0.2, 0.25) is 0 Å². The molecule has 2 heterocycles. The molecule has 7 nitrogen and oxygen atoms in total. The lowest BCUT2D eigenvalue weighted by molar-refractivity contribution is -0.180. The lowest BCUT2D eigenvalue weighted by Crippen LogP contribution is -2.49. The number of carbonyl (C=O) groups excluding carboxylic acids is 2. The number of ketones is 1. The molecule has 43 heavy (non-hydrogen) atoms. The van der Waals surface area contributed by atoms with Crippen molar-refractivity contribution in [3.8, 4) is 0 Å². The molecular formula is C35H36N2O5S. The summed E-state index contributed by atoms with van der Waals surface area (Å²) in [5, 5.41) is -0.0965. The topological polar surface area (TPSA) is 102 Å². The summed E-state index contributed by atoms with van der Waals surface area (Å²) in [6.45, 7) is 1.92. The van der Waals surface area contributed by atoms with E-state index in [0.29, 0.717) is 43.4 Å². The third-order valence-electron chi connectivity index (χ3n) is 8.16. The van der Waals surface area contributed by atoms with E-state index in [1.54, 1.807) is 30.3 Å². The molecule has 0 bridgehead atoms. The summed E-state index contributed by atoms with van der Waals surface area (Å²) in [5.74, 6) is -2.07. The Morgan fingerprint density at radius 1 is 0.860 bits per heavy atom. The first-order valence-electron chi connectivity index (χ1n) is 14.7. The summed E-state index contributed by atoms with van der Waals surface area (Å²) in [6, 6.07) is 31.6. The van der Waals surface area contributed by atoms with Gasteiger partial charge >= 0.3 is 5.97 Å². The number of cyclic esters (lactones) is 1. The molecular weight excluding hydrogens is 560 g/mol. The Bertz CT molecular complexity index is 1580. The third kappa shape index (κ3) is 7.38. The molecule has 4 aromatic rings. The summed E-state index contributed by atoms with van der Waals surface area (Å²) in [5.41, 5.74) is 2.39. The van der Waals surface area contributed by atoms with Crippen molar-refractivity contribution >= 4 is 27.5 Å².